The molecule has 0 saturated carbocycles. The van der Waals surface area contributed by atoms with Gasteiger partial charge in [0.1, 0.15) is 18.8 Å². The maximum atomic E-state index is 12.5. The molecule has 1 aliphatic rings. The fourth-order valence-corrected chi connectivity index (χ4v) is 3.27. The molecular formula is C24H28O5. The van der Waals surface area contributed by atoms with Crippen molar-refractivity contribution in [2.75, 3.05) is 6.61 Å². The minimum atomic E-state index is -0.480. The molecule has 1 saturated heterocycles. The summed E-state index contributed by atoms with van der Waals surface area (Å²) in [5.74, 6) is -0.531. The van der Waals surface area contributed by atoms with Crippen LogP contribution in [0, 0.1) is 19.8 Å². The molecule has 3 atom stereocenters. The largest absolute Gasteiger partial charge is 0.459 e. The first-order valence-corrected chi connectivity index (χ1v) is 10.0. The monoisotopic (exact) mass is 396 g/mol. The zero-order chi connectivity index (χ0) is 21.0. The lowest BCUT2D eigenvalue weighted by Crippen LogP contribution is -2.32. The molecule has 0 aromatic heterocycles. The van der Waals surface area contributed by atoms with Crippen molar-refractivity contribution in [2.45, 2.75) is 52.4 Å². The van der Waals surface area contributed by atoms with Crippen LogP contribution >= 0.6 is 0 Å². The molecule has 1 aliphatic heterocycles. The third-order valence-electron chi connectivity index (χ3n) is 5.18. The SMILES string of the molecule is Cc1ccc(C(=O)OC[C@H]2O[C@@H](C(C)C)C[C@@H]2OC(=O)c2ccc(C)cc2)cc1. The third-order valence-corrected chi connectivity index (χ3v) is 5.18. The van der Waals surface area contributed by atoms with E-state index in [0.717, 1.165) is 11.1 Å². The van der Waals surface area contributed by atoms with E-state index in [9.17, 15) is 9.59 Å². The van der Waals surface area contributed by atoms with E-state index in [1.807, 2.05) is 38.1 Å². The summed E-state index contributed by atoms with van der Waals surface area (Å²) in [6.07, 6.45) is -0.399. The van der Waals surface area contributed by atoms with Crippen molar-refractivity contribution in [1.29, 1.82) is 0 Å². The van der Waals surface area contributed by atoms with E-state index >= 15 is 0 Å². The molecule has 2 aromatic carbocycles. The average Bonchev–Trinajstić information content (AvgIpc) is 3.10. The maximum absolute atomic E-state index is 12.5. The second kappa shape index (κ2) is 9.23. The van der Waals surface area contributed by atoms with Crippen LogP contribution in [-0.2, 0) is 14.2 Å². The zero-order valence-electron chi connectivity index (χ0n) is 17.4. The molecule has 1 fully saturated rings. The zero-order valence-corrected chi connectivity index (χ0v) is 17.4. The summed E-state index contributed by atoms with van der Waals surface area (Å²) in [5, 5.41) is 0. The van der Waals surface area contributed by atoms with Crippen LogP contribution < -0.4 is 0 Å². The van der Waals surface area contributed by atoms with E-state index in [4.69, 9.17) is 14.2 Å². The van der Waals surface area contributed by atoms with Gasteiger partial charge in [0.05, 0.1) is 17.2 Å². The fourth-order valence-electron chi connectivity index (χ4n) is 3.27. The number of esters is 2. The fraction of sp³-hybridized carbons (Fsp3) is 0.417. The molecule has 0 radical (unpaired) electrons. The number of ether oxygens (including phenoxy) is 3. The number of hydrogen-bond donors (Lipinski definition) is 0. The third kappa shape index (κ3) is 5.45. The highest BCUT2D eigenvalue weighted by Crippen LogP contribution is 2.29. The predicted molar refractivity (Wildman–Crippen MR) is 110 cm³/mol. The predicted octanol–water partition coefficient (Wildman–Crippen LogP) is 4.50. The summed E-state index contributed by atoms with van der Waals surface area (Å²) in [5.41, 5.74) is 3.14. The summed E-state index contributed by atoms with van der Waals surface area (Å²) < 4.78 is 17.2. The Kier molecular flexibility index (Phi) is 6.70. The molecule has 0 unspecified atom stereocenters. The van der Waals surface area contributed by atoms with Gasteiger partial charge >= 0.3 is 11.9 Å². The van der Waals surface area contributed by atoms with Crippen LogP contribution in [0.1, 0.15) is 52.1 Å². The maximum Gasteiger partial charge on any atom is 0.338 e. The normalized spacial score (nSPS) is 21.2. The number of benzene rings is 2. The molecule has 0 bridgehead atoms. The lowest BCUT2D eigenvalue weighted by Gasteiger charge is -2.19. The van der Waals surface area contributed by atoms with E-state index in [0.29, 0.717) is 17.5 Å². The van der Waals surface area contributed by atoms with E-state index in [1.165, 1.54) is 0 Å². The molecule has 29 heavy (non-hydrogen) atoms. The highest BCUT2D eigenvalue weighted by molar-refractivity contribution is 5.90. The lowest BCUT2D eigenvalue weighted by molar-refractivity contribution is -0.0494. The highest BCUT2D eigenvalue weighted by atomic mass is 16.6. The van der Waals surface area contributed by atoms with Crippen molar-refractivity contribution in [3.05, 3.63) is 70.8 Å². The van der Waals surface area contributed by atoms with E-state index < -0.39 is 24.1 Å². The standard InChI is InChI=1S/C24H28O5/c1-15(2)20-13-21(29-24(26)19-11-7-17(4)8-12-19)22(28-20)14-27-23(25)18-9-5-16(3)6-10-18/h5-12,15,20-22H,13-14H2,1-4H3/t20-,21+,22-/m1/s1. The first-order chi connectivity index (χ1) is 13.8. The Morgan fingerprint density at radius 2 is 1.45 bits per heavy atom. The van der Waals surface area contributed by atoms with Gasteiger partial charge in [0, 0.05) is 6.42 Å². The van der Waals surface area contributed by atoms with Gasteiger partial charge in [-0.1, -0.05) is 49.2 Å². The quantitative estimate of drug-likeness (QED) is 0.673. The molecule has 0 spiro atoms. The van der Waals surface area contributed by atoms with Gasteiger partial charge < -0.3 is 14.2 Å². The van der Waals surface area contributed by atoms with Crippen LogP contribution in [0.5, 0.6) is 0 Å². The van der Waals surface area contributed by atoms with Gasteiger partial charge in [-0.2, -0.15) is 0 Å². The molecule has 1 heterocycles. The summed E-state index contributed by atoms with van der Waals surface area (Å²) >= 11 is 0. The van der Waals surface area contributed by atoms with Crippen molar-refractivity contribution in [3.8, 4) is 0 Å². The van der Waals surface area contributed by atoms with Crippen LogP contribution in [-0.4, -0.2) is 36.9 Å². The smallest absolute Gasteiger partial charge is 0.338 e. The Labute approximate surface area is 172 Å². The lowest BCUT2D eigenvalue weighted by atomic mass is 10.0. The molecule has 3 rings (SSSR count). The minimum absolute atomic E-state index is 0.0434. The molecule has 154 valence electrons. The van der Waals surface area contributed by atoms with Crippen LogP contribution in [0.25, 0.3) is 0 Å². The van der Waals surface area contributed by atoms with Gasteiger partial charge in [-0.05, 0) is 44.0 Å². The van der Waals surface area contributed by atoms with E-state index in [-0.39, 0.29) is 18.6 Å². The van der Waals surface area contributed by atoms with Gasteiger partial charge in [-0.3, -0.25) is 0 Å². The number of aryl methyl sites for hydroxylation is 2. The first kappa shape index (κ1) is 21.1. The topological polar surface area (TPSA) is 61.8 Å². The molecule has 0 N–H and O–H groups in total. The molecule has 5 nitrogen and oxygen atoms in total. The number of carbonyl (C=O) groups is 2. The molecule has 0 aliphatic carbocycles. The first-order valence-electron chi connectivity index (χ1n) is 10.0. The molecular weight excluding hydrogens is 368 g/mol. The van der Waals surface area contributed by atoms with Gasteiger partial charge in [0.15, 0.2) is 0 Å². The minimum Gasteiger partial charge on any atom is -0.459 e. The second-order valence-electron chi connectivity index (χ2n) is 7.97. The van der Waals surface area contributed by atoms with Crippen LogP contribution in [0.3, 0.4) is 0 Å². The Morgan fingerprint density at radius 3 is 1.97 bits per heavy atom. The van der Waals surface area contributed by atoms with Gasteiger partial charge in [-0.15, -0.1) is 0 Å². The van der Waals surface area contributed by atoms with Gasteiger partial charge in [0.2, 0.25) is 0 Å². The summed E-state index contributed by atoms with van der Waals surface area (Å²) in [6, 6.07) is 14.4. The van der Waals surface area contributed by atoms with Crippen molar-refractivity contribution in [1.82, 2.24) is 0 Å². The van der Waals surface area contributed by atoms with Crippen molar-refractivity contribution in [2.24, 2.45) is 5.92 Å². The van der Waals surface area contributed by atoms with E-state index in [2.05, 4.69) is 13.8 Å². The summed E-state index contributed by atoms with van der Waals surface area (Å²) in [4.78, 5) is 24.9. The van der Waals surface area contributed by atoms with Gasteiger partial charge in [0.25, 0.3) is 0 Å². The summed E-state index contributed by atoms with van der Waals surface area (Å²) in [6.45, 7) is 8.09. The Morgan fingerprint density at radius 1 is 0.931 bits per heavy atom. The van der Waals surface area contributed by atoms with Gasteiger partial charge in [-0.25, -0.2) is 9.59 Å². The van der Waals surface area contributed by atoms with E-state index in [1.54, 1.807) is 24.3 Å². The Hall–Kier alpha value is -2.66. The van der Waals surface area contributed by atoms with Crippen molar-refractivity contribution >= 4 is 11.9 Å². The summed E-state index contributed by atoms with van der Waals surface area (Å²) in [7, 11) is 0. The average molecular weight is 396 g/mol. The second-order valence-corrected chi connectivity index (χ2v) is 7.97. The molecule has 2 aromatic rings. The Balaban J connectivity index is 1.64. The number of carbonyl (C=O) groups excluding carboxylic acids is 2. The number of rotatable bonds is 6. The Bertz CT molecular complexity index is 839. The van der Waals surface area contributed by atoms with Crippen molar-refractivity contribution < 1.29 is 23.8 Å². The van der Waals surface area contributed by atoms with Crippen LogP contribution in [0.15, 0.2) is 48.5 Å². The highest BCUT2D eigenvalue weighted by Gasteiger charge is 2.40. The van der Waals surface area contributed by atoms with Crippen LogP contribution in [0.2, 0.25) is 0 Å². The molecule has 5 heteroatoms. The van der Waals surface area contributed by atoms with Crippen molar-refractivity contribution in [3.63, 3.8) is 0 Å². The van der Waals surface area contributed by atoms with Crippen LogP contribution in [0.4, 0.5) is 0 Å². The molecule has 0 amide bonds. The number of hydrogen-bond acceptors (Lipinski definition) is 5.